The van der Waals surface area contributed by atoms with Gasteiger partial charge in [0.2, 0.25) is 5.91 Å². The normalized spacial score (nSPS) is 15.4. The van der Waals surface area contributed by atoms with Gasteiger partial charge in [-0.05, 0) is 48.4 Å². The summed E-state index contributed by atoms with van der Waals surface area (Å²) in [5.74, 6) is -0.0243. The third kappa shape index (κ3) is 6.10. The van der Waals surface area contributed by atoms with Crippen LogP contribution < -0.4 is 10.1 Å². The van der Waals surface area contributed by atoms with E-state index in [-0.39, 0.29) is 24.6 Å². The molecule has 0 aromatic heterocycles. The molecular weight excluding hydrogens is 461 g/mol. The van der Waals surface area contributed by atoms with Gasteiger partial charge in [-0.2, -0.15) is 13.2 Å². The number of thiocarbonyl (C=S) groups is 1. The zero-order valence-electron chi connectivity index (χ0n) is 16.9. The minimum Gasteiger partial charge on any atom is -0.497 e. The number of amides is 2. The predicted molar refractivity (Wildman–Crippen MR) is 122 cm³/mol. The molecule has 2 aromatic carbocycles. The Morgan fingerprint density at radius 3 is 2.69 bits per heavy atom. The lowest BCUT2D eigenvalue weighted by Gasteiger charge is -2.14. The van der Waals surface area contributed by atoms with E-state index < -0.39 is 17.6 Å². The molecule has 168 valence electrons. The number of anilines is 1. The summed E-state index contributed by atoms with van der Waals surface area (Å²) in [7, 11) is 1.56. The van der Waals surface area contributed by atoms with Crippen LogP contribution in [0.15, 0.2) is 53.4 Å². The summed E-state index contributed by atoms with van der Waals surface area (Å²) in [6.07, 6.45) is -2.42. The van der Waals surface area contributed by atoms with Crippen LogP contribution in [-0.4, -0.2) is 34.7 Å². The molecule has 1 saturated heterocycles. The van der Waals surface area contributed by atoms with E-state index in [1.54, 1.807) is 25.3 Å². The first-order valence-electron chi connectivity index (χ1n) is 9.54. The lowest BCUT2D eigenvalue weighted by Crippen LogP contribution is -2.29. The highest BCUT2D eigenvalue weighted by molar-refractivity contribution is 8.26. The van der Waals surface area contributed by atoms with Crippen LogP contribution in [0.2, 0.25) is 0 Å². The molecule has 0 atom stereocenters. The molecule has 1 fully saturated rings. The summed E-state index contributed by atoms with van der Waals surface area (Å²) in [5, 5.41) is 2.45. The minimum absolute atomic E-state index is 0.0300. The number of nitrogens with one attached hydrogen (secondary N) is 1. The van der Waals surface area contributed by atoms with Gasteiger partial charge in [0.1, 0.15) is 10.1 Å². The number of hydrogen-bond donors (Lipinski definition) is 1. The van der Waals surface area contributed by atoms with Gasteiger partial charge < -0.3 is 10.1 Å². The van der Waals surface area contributed by atoms with Gasteiger partial charge in [-0.15, -0.1) is 0 Å². The number of carbonyl (C=O) groups is 2. The SMILES string of the molecule is COc1cccc(C=C2SC(=S)N(CCCC(=O)Nc3cccc(C(F)(F)F)c3)C2=O)c1. The van der Waals surface area contributed by atoms with E-state index in [1.165, 1.54) is 28.8 Å². The molecule has 5 nitrogen and oxygen atoms in total. The molecule has 2 aromatic rings. The third-order valence-electron chi connectivity index (χ3n) is 4.52. The second kappa shape index (κ2) is 10.2. The zero-order chi connectivity index (χ0) is 23.3. The molecule has 1 aliphatic heterocycles. The Morgan fingerprint density at radius 2 is 1.97 bits per heavy atom. The van der Waals surface area contributed by atoms with E-state index >= 15 is 0 Å². The Hall–Kier alpha value is -2.85. The van der Waals surface area contributed by atoms with Crippen molar-refractivity contribution in [3.05, 3.63) is 64.6 Å². The number of hydrogen-bond acceptors (Lipinski definition) is 5. The van der Waals surface area contributed by atoms with Gasteiger partial charge in [-0.1, -0.05) is 42.2 Å². The molecule has 0 unspecified atom stereocenters. The van der Waals surface area contributed by atoms with Gasteiger partial charge in [-0.25, -0.2) is 0 Å². The average Bonchev–Trinajstić information content (AvgIpc) is 3.00. The first kappa shape index (κ1) is 23.8. The first-order valence-corrected chi connectivity index (χ1v) is 10.8. The van der Waals surface area contributed by atoms with Gasteiger partial charge in [0.15, 0.2) is 0 Å². The van der Waals surface area contributed by atoms with Crippen molar-refractivity contribution in [1.29, 1.82) is 0 Å². The Morgan fingerprint density at radius 1 is 1.22 bits per heavy atom. The number of alkyl halides is 3. The molecular formula is C22H19F3N2O3S2. The number of rotatable bonds is 7. The summed E-state index contributed by atoms with van der Waals surface area (Å²) >= 11 is 6.46. The maximum absolute atomic E-state index is 12.8. The summed E-state index contributed by atoms with van der Waals surface area (Å²) < 4.78 is 43.9. The maximum atomic E-state index is 12.8. The summed E-state index contributed by atoms with van der Waals surface area (Å²) in [4.78, 5) is 26.7. The molecule has 32 heavy (non-hydrogen) atoms. The summed E-state index contributed by atoms with van der Waals surface area (Å²) in [5.41, 5.74) is 0.0256. The number of methoxy groups -OCH3 is 1. The Kier molecular flexibility index (Phi) is 7.57. The second-order valence-electron chi connectivity index (χ2n) is 6.84. The standard InChI is InChI=1S/C22H19F3N2O3S2/c1-30-17-8-2-5-14(11-17)12-18-20(29)27(21(31)32-18)10-4-9-19(28)26-16-7-3-6-15(13-16)22(23,24)25/h2-3,5-8,11-13H,4,9-10H2,1H3,(H,26,28). The first-order chi connectivity index (χ1) is 15.2. The molecule has 0 bridgehead atoms. The van der Waals surface area contributed by atoms with Crippen molar-refractivity contribution in [2.45, 2.75) is 19.0 Å². The lowest BCUT2D eigenvalue weighted by atomic mass is 10.2. The molecule has 0 aliphatic carbocycles. The maximum Gasteiger partial charge on any atom is 0.416 e. The Balaban J connectivity index is 1.54. The molecule has 0 radical (unpaired) electrons. The van der Waals surface area contributed by atoms with E-state index in [4.69, 9.17) is 17.0 Å². The van der Waals surface area contributed by atoms with Gasteiger partial charge in [0, 0.05) is 18.7 Å². The predicted octanol–water partition coefficient (Wildman–Crippen LogP) is 5.33. The van der Waals surface area contributed by atoms with Crippen LogP contribution in [0.1, 0.15) is 24.0 Å². The van der Waals surface area contributed by atoms with Crippen molar-refractivity contribution < 1.29 is 27.5 Å². The molecule has 10 heteroatoms. The van der Waals surface area contributed by atoms with Gasteiger partial charge in [-0.3, -0.25) is 14.5 Å². The Bertz CT molecular complexity index is 1070. The number of nitrogens with zero attached hydrogens (tertiary/aromatic N) is 1. The number of carbonyl (C=O) groups excluding carboxylic acids is 2. The van der Waals surface area contributed by atoms with Crippen LogP contribution >= 0.6 is 24.0 Å². The highest BCUT2D eigenvalue weighted by Gasteiger charge is 2.32. The van der Waals surface area contributed by atoms with Crippen LogP contribution in [-0.2, 0) is 15.8 Å². The van der Waals surface area contributed by atoms with E-state index in [0.29, 0.717) is 21.4 Å². The van der Waals surface area contributed by atoms with E-state index in [0.717, 1.165) is 17.7 Å². The largest absolute Gasteiger partial charge is 0.497 e. The van der Waals surface area contributed by atoms with Crippen LogP contribution in [0.5, 0.6) is 5.75 Å². The fourth-order valence-electron chi connectivity index (χ4n) is 2.97. The fraction of sp³-hybridized carbons (Fsp3) is 0.227. The molecule has 1 N–H and O–H groups in total. The van der Waals surface area contributed by atoms with Crippen LogP contribution in [0.3, 0.4) is 0 Å². The molecule has 2 amide bonds. The average molecular weight is 481 g/mol. The van der Waals surface area contributed by atoms with Crippen LogP contribution in [0.4, 0.5) is 18.9 Å². The van der Waals surface area contributed by atoms with Crippen molar-refractivity contribution in [2.24, 2.45) is 0 Å². The van der Waals surface area contributed by atoms with E-state index in [9.17, 15) is 22.8 Å². The van der Waals surface area contributed by atoms with Crippen molar-refractivity contribution in [3.8, 4) is 5.75 Å². The highest BCUT2D eigenvalue weighted by atomic mass is 32.2. The lowest BCUT2D eigenvalue weighted by molar-refractivity contribution is -0.137. The van der Waals surface area contributed by atoms with Crippen LogP contribution in [0, 0.1) is 0 Å². The molecule has 0 saturated carbocycles. The van der Waals surface area contributed by atoms with Crippen molar-refractivity contribution in [2.75, 3.05) is 19.0 Å². The van der Waals surface area contributed by atoms with Gasteiger partial charge in [0.25, 0.3) is 5.91 Å². The highest BCUT2D eigenvalue weighted by Crippen LogP contribution is 2.33. The summed E-state index contributed by atoms with van der Waals surface area (Å²) in [6.45, 7) is 0.232. The van der Waals surface area contributed by atoms with Crippen molar-refractivity contribution in [3.63, 3.8) is 0 Å². The fourth-order valence-corrected chi connectivity index (χ4v) is 4.28. The molecule has 3 rings (SSSR count). The third-order valence-corrected chi connectivity index (χ3v) is 5.90. The van der Waals surface area contributed by atoms with E-state index in [2.05, 4.69) is 5.32 Å². The van der Waals surface area contributed by atoms with E-state index in [1.807, 2.05) is 12.1 Å². The van der Waals surface area contributed by atoms with Crippen molar-refractivity contribution in [1.82, 2.24) is 4.90 Å². The zero-order valence-corrected chi connectivity index (χ0v) is 18.6. The molecule has 1 heterocycles. The van der Waals surface area contributed by atoms with Gasteiger partial charge >= 0.3 is 6.18 Å². The second-order valence-corrected chi connectivity index (χ2v) is 8.52. The van der Waals surface area contributed by atoms with Crippen molar-refractivity contribution >= 4 is 51.9 Å². The van der Waals surface area contributed by atoms with Gasteiger partial charge in [0.05, 0.1) is 17.6 Å². The molecule has 1 aliphatic rings. The Labute approximate surface area is 192 Å². The minimum atomic E-state index is -4.49. The summed E-state index contributed by atoms with van der Waals surface area (Å²) in [6, 6.07) is 11.7. The number of thioether (sulfide) groups is 1. The monoisotopic (exact) mass is 480 g/mol. The molecule has 0 spiro atoms. The van der Waals surface area contributed by atoms with Crippen LogP contribution in [0.25, 0.3) is 6.08 Å². The topological polar surface area (TPSA) is 58.6 Å². The quantitative estimate of drug-likeness (QED) is 0.429. The number of halogens is 3. The number of ether oxygens (including phenoxy) is 1. The smallest absolute Gasteiger partial charge is 0.416 e. The number of benzene rings is 2.